The zero-order valence-corrected chi connectivity index (χ0v) is 27.3. The van der Waals surface area contributed by atoms with Crippen molar-refractivity contribution in [3.8, 4) is 29.4 Å². The van der Waals surface area contributed by atoms with Gasteiger partial charge < -0.3 is 24.4 Å². The van der Waals surface area contributed by atoms with E-state index in [0.717, 1.165) is 38.5 Å². The molecule has 0 aliphatic rings. The van der Waals surface area contributed by atoms with Gasteiger partial charge in [0.15, 0.2) is 6.61 Å². The van der Waals surface area contributed by atoms with Gasteiger partial charge in [-0.1, -0.05) is 66.2 Å². The Morgan fingerprint density at radius 3 is 2.17 bits per heavy atom. The normalized spacial score (nSPS) is 12.6. The molecule has 1 atom stereocenters. The summed E-state index contributed by atoms with van der Waals surface area (Å²) in [6, 6.07) is 22.2. The number of carbonyl (C=O) groups is 2. The number of hydrogen-bond acceptors (Lipinski definition) is 6. The van der Waals surface area contributed by atoms with Gasteiger partial charge >= 0.3 is 11.9 Å². The van der Waals surface area contributed by atoms with Crippen LogP contribution in [-0.2, 0) is 24.7 Å². The summed E-state index contributed by atoms with van der Waals surface area (Å²) in [6.45, 7) is 7.42. The quantitative estimate of drug-likeness (QED) is 0.112. The number of rotatable bonds is 14. The lowest BCUT2D eigenvalue weighted by atomic mass is 9.94. The number of benzene rings is 3. The van der Waals surface area contributed by atoms with Gasteiger partial charge in [-0.2, -0.15) is 0 Å². The van der Waals surface area contributed by atoms with Gasteiger partial charge in [-0.05, 0) is 92.4 Å². The summed E-state index contributed by atoms with van der Waals surface area (Å²) < 4.78 is 16.7. The van der Waals surface area contributed by atoms with Crippen molar-refractivity contribution in [1.82, 2.24) is 0 Å². The highest BCUT2D eigenvalue weighted by molar-refractivity contribution is 7.99. The van der Waals surface area contributed by atoms with E-state index in [0.29, 0.717) is 11.3 Å². The van der Waals surface area contributed by atoms with Crippen molar-refractivity contribution in [2.45, 2.75) is 38.2 Å². The van der Waals surface area contributed by atoms with Crippen LogP contribution in [0.4, 0.5) is 0 Å². The molecule has 0 saturated carbocycles. The summed E-state index contributed by atoms with van der Waals surface area (Å²) in [7, 11) is 0. The Labute approximate surface area is 275 Å². The molecule has 3 aromatic carbocycles. The first-order valence-corrected chi connectivity index (χ1v) is 15.7. The summed E-state index contributed by atoms with van der Waals surface area (Å²) in [4.78, 5) is 24.0. The van der Waals surface area contributed by atoms with E-state index >= 15 is 0 Å². The molecule has 46 heavy (non-hydrogen) atoms. The number of aliphatic carboxylic acids is 2. The summed E-state index contributed by atoms with van der Waals surface area (Å²) in [6.07, 6.45) is 3.88. The highest BCUT2D eigenvalue weighted by Crippen LogP contribution is 2.28. The minimum Gasteiger partial charge on any atom is -0.482 e. The Morgan fingerprint density at radius 2 is 1.57 bits per heavy atom. The van der Waals surface area contributed by atoms with Gasteiger partial charge in [-0.15, -0.1) is 11.8 Å². The molecule has 2 N–H and O–H groups in total. The first-order chi connectivity index (χ1) is 22.1. The zero-order chi connectivity index (χ0) is 33.4. The summed E-state index contributed by atoms with van der Waals surface area (Å²) in [5.74, 6) is 11.9. The van der Waals surface area contributed by atoms with Crippen LogP contribution in [0.3, 0.4) is 0 Å². The number of ether oxygens (including phenoxy) is 3. The summed E-state index contributed by atoms with van der Waals surface area (Å²) in [5, 5.41) is 18.8. The molecule has 0 aliphatic heterocycles. The molecule has 0 bridgehead atoms. The maximum Gasteiger partial charge on any atom is 0.343 e. The summed E-state index contributed by atoms with van der Waals surface area (Å²) >= 11 is 1.66. The fraction of sp³-hybridized carbons (Fsp3) is 0.263. The Morgan fingerprint density at radius 1 is 0.891 bits per heavy atom. The molecule has 0 heterocycles. The van der Waals surface area contributed by atoms with Crippen LogP contribution >= 0.6 is 11.8 Å². The van der Waals surface area contributed by atoms with E-state index in [1.807, 2.05) is 69.3 Å². The minimum absolute atomic E-state index is 0.136. The maximum atomic E-state index is 12.2. The molecule has 0 amide bonds. The molecule has 238 valence electrons. The van der Waals surface area contributed by atoms with E-state index in [2.05, 4.69) is 29.8 Å². The SMILES string of the molecule is CCOC(COCC=C(C)C#Cc1cccc(C#CC(C)=CCSc2ccc(OCC(=O)O)c(C)c2)c1)(C(=O)O)c1ccccc1. The first kappa shape index (κ1) is 35.7. The highest BCUT2D eigenvalue weighted by atomic mass is 32.2. The second-order valence-electron chi connectivity index (χ2n) is 10.2. The third-order valence-electron chi connectivity index (χ3n) is 6.60. The van der Waals surface area contributed by atoms with E-state index < -0.39 is 17.5 Å². The molecule has 0 aromatic heterocycles. The molecule has 8 heteroatoms. The van der Waals surface area contributed by atoms with Crippen LogP contribution < -0.4 is 4.74 Å². The van der Waals surface area contributed by atoms with Crippen LogP contribution in [0.2, 0.25) is 0 Å². The van der Waals surface area contributed by atoms with E-state index in [1.165, 1.54) is 0 Å². The lowest BCUT2D eigenvalue weighted by Crippen LogP contribution is -2.43. The molecule has 0 spiro atoms. The molecule has 0 saturated heterocycles. The third-order valence-corrected chi connectivity index (χ3v) is 7.52. The molecule has 3 rings (SSSR count). The largest absolute Gasteiger partial charge is 0.482 e. The topological polar surface area (TPSA) is 102 Å². The Hall–Kier alpha value is -4.73. The molecule has 3 aromatic rings. The van der Waals surface area contributed by atoms with Crippen molar-refractivity contribution in [2.75, 3.05) is 32.2 Å². The molecule has 0 radical (unpaired) electrons. The Kier molecular flexibility index (Phi) is 14.2. The van der Waals surface area contributed by atoms with Crippen LogP contribution in [0, 0.1) is 30.6 Å². The molecule has 0 aliphatic carbocycles. The lowest BCUT2D eigenvalue weighted by Gasteiger charge is -2.29. The third kappa shape index (κ3) is 11.3. The van der Waals surface area contributed by atoms with Crippen LogP contribution in [0.25, 0.3) is 0 Å². The second-order valence-corrected chi connectivity index (χ2v) is 11.3. The van der Waals surface area contributed by atoms with Gasteiger partial charge in [0.1, 0.15) is 5.75 Å². The van der Waals surface area contributed by atoms with Gasteiger partial charge in [0.05, 0.1) is 13.2 Å². The number of hydrogen-bond donors (Lipinski definition) is 2. The van der Waals surface area contributed by atoms with Gasteiger partial charge in [-0.25, -0.2) is 9.59 Å². The number of carboxylic acids is 2. The van der Waals surface area contributed by atoms with Crippen LogP contribution in [0.15, 0.2) is 101 Å². The number of allylic oxidation sites excluding steroid dienone is 2. The average molecular weight is 639 g/mol. The van der Waals surface area contributed by atoms with Gasteiger partial charge in [0.25, 0.3) is 0 Å². The molecule has 7 nitrogen and oxygen atoms in total. The van der Waals surface area contributed by atoms with E-state index in [4.69, 9.17) is 19.3 Å². The van der Waals surface area contributed by atoms with E-state index in [1.54, 1.807) is 49.0 Å². The van der Waals surface area contributed by atoms with Crippen LogP contribution in [0.1, 0.15) is 43.0 Å². The molecular weight excluding hydrogens is 600 g/mol. The minimum atomic E-state index is -1.58. The first-order valence-electron chi connectivity index (χ1n) is 14.7. The Balaban J connectivity index is 1.55. The van der Waals surface area contributed by atoms with Crippen molar-refractivity contribution < 1.29 is 34.0 Å². The number of aryl methyl sites for hydroxylation is 1. The Bertz CT molecular complexity index is 1690. The van der Waals surface area contributed by atoms with Crippen molar-refractivity contribution in [1.29, 1.82) is 0 Å². The standard InChI is InChI=1S/C38H38O7S/c1-5-45-38(37(41)42,33-12-7-6-8-13-33)27-43-22-20-28(2)14-16-31-10-9-11-32(25-31)17-15-29(3)21-23-46-34-18-19-35(30(4)24-34)44-26-36(39)40/h6-13,18-21,24-25H,5,22-23,26-27H2,1-4H3,(H,39,40)(H,41,42). The van der Waals surface area contributed by atoms with Crippen molar-refractivity contribution >= 4 is 23.7 Å². The molecular formula is C38H38O7S. The fourth-order valence-corrected chi connectivity index (χ4v) is 5.14. The van der Waals surface area contributed by atoms with Gasteiger partial charge in [0.2, 0.25) is 5.60 Å². The van der Waals surface area contributed by atoms with Crippen LogP contribution in [0.5, 0.6) is 5.75 Å². The smallest absolute Gasteiger partial charge is 0.343 e. The average Bonchev–Trinajstić information content (AvgIpc) is 3.04. The highest BCUT2D eigenvalue weighted by Gasteiger charge is 2.41. The predicted molar refractivity (Wildman–Crippen MR) is 181 cm³/mol. The van der Waals surface area contributed by atoms with Gasteiger partial charge in [-0.3, -0.25) is 0 Å². The second kappa shape index (κ2) is 18.3. The van der Waals surface area contributed by atoms with E-state index in [-0.39, 0.29) is 26.4 Å². The summed E-state index contributed by atoms with van der Waals surface area (Å²) in [5.41, 5.74) is 3.26. The van der Waals surface area contributed by atoms with E-state index in [9.17, 15) is 14.7 Å². The van der Waals surface area contributed by atoms with Crippen molar-refractivity contribution in [3.63, 3.8) is 0 Å². The fourth-order valence-electron chi connectivity index (χ4n) is 4.19. The zero-order valence-electron chi connectivity index (χ0n) is 26.5. The number of carboxylic acid groups (broad SMARTS) is 2. The predicted octanol–water partition coefficient (Wildman–Crippen LogP) is 6.88. The number of thioether (sulfide) groups is 1. The lowest BCUT2D eigenvalue weighted by molar-refractivity contribution is -0.176. The monoisotopic (exact) mass is 638 g/mol. The van der Waals surface area contributed by atoms with Crippen molar-refractivity contribution in [2.24, 2.45) is 0 Å². The van der Waals surface area contributed by atoms with Crippen LogP contribution in [-0.4, -0.2) is 54.3 Å². The molecule has 0 fully saturated rings. The van der Waals surface area contributed by atoms with Crippen molar-refractivity contribution in [3.05, 3.63) is 118 Å². The van der Waals surface area contributed by atoms with Gasteiger partial charge in [0, 0.05) is 28.4 Å². The maximum absolute atomic E-state index is 12.2. The molecule has 1 unspecified atom stereocenters.